The van der Waals surface area contributed by atoms with Crippen molar-refractivity contribution in [2.45, 2.75) is 66.2 Å². The molecule has 0 bridgehead atoms. The van der Waals surface area contributed by atoms with Gasteiger partial charge in [0.05, 0.1) is 11.4 Å². The molecular weight excluding hydrogens is 508 g/mol. The summed E-state index contributed by atoms with van der Waals surface area (Å²) < 4.78 is 0. The summed E-state index contributed by atoms with van der Waals surface area (Å²) in [5, 5.41) is 0. The molecule has 5 aromatic rings. The zero-order chi connectivity index (χ0) is 29.7. The summed E-state index contributed by atoms with van der Waals surface area (Å²) in [5.74, 6) is 0. The molecule has 0 heterocycles. The van der Waals surface area contributed by atoms with Crippen LogP contribution < -0.4 is 9.80 Å². The highest BCUT2D eigenvalue weighted by Crippen LogP contribution is 2.45. The van der Waals surface area contributed by atoms with Crippen molar-refractivity contribution in [3.05, 3.63) is 144 Å². The molecule has 5 rings (SSSR count). The van der Waals surface area contributed by atoms with Gasteiger partial charge in [0, 0.05) is 22.7 Å². The number of nitrogens with zero attached hydrogens (tertiary/aromatic N) is 2. The molecule has 0 amide bonds. The standard InChI is InChI=1S/C40H44N2/c1-7-8-18-32-27-33(40(4,5)6)29-37(28-32)42(36-23-16-11-17-24-36)39-26-30(2)25-38(31(39)3)41(34-19-12-9-13-20-34)35-21-14-10-15-22-35/h9-17,19-29H,7-8,18H2,1-6H3. The normalized spacial score (nSPS) is 11.4. The topological polar surface area (TPSA) is 6.48 Å². The molecule has 214 valence electrons. The van der Waals surface area contributed by atoms with Crippen LogP contribution in [0.1, 0.15) is 62.8 Å². The van der Waals surface area contributed by atoms with Crippen LogP contribution in [-0.2, 0) is 11.8 Å². The SMILES string of the molecule is CCCCc1cc(N(c2ccccc2)c2cc(C)cc(N(c3ccccc3)c3ccccc3)c2C)cc(C(C)(C)C)c1. The summed E-state index contributed by atoms with van der Waals surface area (Å²) in [5.41, 5.74) is 12.3. The van der Waals surface area contributed by atoms with Crippen LogP contribution in [0, 0.1) is 13.8 Å². The molecule has 0 unspecified atom stereocenters. The lowest BCUT2D eigenvalue weighted by atomic mass is 9.85. The summed E-state index contributed by atoms with van der Waals surface area (Å²) >= 11 is 0. The Balaban J connectivity index is 1.76. The van der Waals surface area contributed by atoms with E-state index in [1.807, 2.05) is 0 Å². The van der Waals surface area contributed by atoms with Gasteiger partial charge in [0.25, 0.3) is 0 Å². The van der Waals surface area contributed by atoms with Gasteiger partial charge in [-0.25, -0.2) is 0 Å². The van der Waals surface area contributed by atoms with Crippen molar-refractivity contribution in [3.63, 3.8) is 0 Å². The second-order valence-corrected chi connectivity index (χ2v) is 12.3. The van der Waals surface area contributed by atoms with Crippen LogP contribution in [-0.4, -0.2) is 0 Å². The van der Waals surface area contributed by atoms with E-state index in [1.54, 1.807) is 0 Å². The fourth-order valence-corrected chi connectivity index (χ4v) is 5.63. The molecule has 0 saturated heterocycles. The lowest BCUT2D eigenvalue weighted by molar-refractivity contribution is 0.589. The Morgan fingerprint density at radius 2 is 1.00 bits per heavy atom. The van der Waals surface area contributed by atoms with Crippen LogP contribution in [0.2, 0.25) is 0 Å². The number of hydrogen-bond acceptors (Lipinski definition) is 2. The van der Waals surface area contributed by atoms with Crippen LogP contribution >= 0.6 is 0 Å². The van der Waals surface area contributed by atoms with E-state index in [9.17, 15) is 0 Å². The number of rotatable bonds is 9. The largest absolute Gasteiger partial charge is 0.310 e. The zero-order valence-electron chi connectivity index (χ0n) is 26.1. The Kier molecular flexibility index (Phi) is 8.83. The van der Waals surface area contributed by atoms with E-state index >= 15 is 0 Å². The fourth-order valence-electron chi connectivity index (χ4n) is 5.63. The average molecular weight is 553 g/mol. The lowest BCUT2D eigenvalue weighted by Crippen LogP contribution is -2.18. The Hall–Kier alpha value is -4.30. The number of anilines is 6. The van der Waals surface area contributed by atoms with Crippen molar-refractivity contribution in [2.24, 2.45) is 0 Å². The molecule has 0 N–H and O–H groups in total. The van der Waals surface area contributed by atoms with Gasteiger partial charge in [0.15, 0.2) is 0 Å². The molecule has 42 heavy (non-hydrogen) atoms. The highest BCUT2D eigenvalue weighted by Gasteiger charge is 2.23. The molecule has 0 saturated carbocycles. The highest BCUT2D eigenvalue weighted by atomic mass is 15.2. The van der Waals surface area contributed by atoms with E-state index in [0.717, 1.165) is 23.5 Å². The maximum atomic E-state index is 2.46. The van der Waals surface area contributed by atoms with Gasteiger partial charge in [-0.05, 0) is 115 Å². The van der Waals surface area contributed by atoms with Crippen molar-refractivity contribution in [1.82, 2.24) is 0 Å². The third-order valence-electron chi connectivity index (χ3n) is 7.94. The summed E-state index contributed by atoms with van der Waals surface area (Å²) in [6, 6.07) is 44.1. The summed E-state index contributed by atoms with van der Waals surface area (Å²) in [4.78, 5) is 4.85. The van der Waals surface area contributed by atoms with Gasteiger partial charge in [-0.3, -0.25) is 0 Å². The molecule has 0 aliphatic heterocycles. The maximum absolute atomic E-state index is 2.46. The molecular formula is C40H44N2. The van der Waals surface area contributed by atoms with Crippen molar-refractivity contribution in [3.8, 4) is 0 Å². The quantitative estimate of drug-likeness (QED) is 0.179. The molecule has 2 nitrogen and oxygen atoms in total. The van der Waals surface area contributed by atoms with Gasteiger partial charge in [-0.15, -0.1) is 0 Å². The minimum atomic E-state index is 0.0452. The van der Waals surface area contributed by atoms with Gasteiger partial charge in [0.1, 0.15) is 0 Å². The highest BCUT2D eigenvalue weighted by molar-refractivity contribution is 5.87. The molecule has 0 radical (unpaired) electrons. The monoisotopic (exact) mass is 552 g/mol. The van der Waals surface area contributed by atoms with Crippen LogP contribution in [0.15, 0.2) is 121 Å². The van der Waals surface area contributed by atoms with Crippen LogP contribution in [0.4, 0.5) is 34.1 Å². The van der Waals surface area contributed by atoms with E-state index in [1.165, 1.54) is 52.2 Å². The predicted molar refractivity (Wildman–Crippen MR) is 183 cm³/mol. The third-order valence-corrected chi connectivity index (χ3v) is 7.94. The van der Waals surface area contributed by atoms with Gasteiger partial charge in [-0.1, -0.05) is 94.8 Å². The molecule has 5 aromatic carbocycles. The van der Waals surface area contributed by atoms with Crippen molar-refractivity contribution < 1.29 is 0 Å². The Bertz CT molecular complexity index is 1560. The molecule has 0 spiro atoms. The Morgan fingerprint density at radius 1 is 0.548 bits per heavy atom. The van der Waals surface area contributed by atoms with E-state index in [0.29, 0.717) is 0 Å². The van der Waals surface area contributed by atoms with Gasteiger partial charge in [0.2, 0.25) is 0 Å². The van der Waals surface area contributed by atoms with Crippen molar-refractivity contribution in [2.75, 3.05) is 9.80 Å². The second kappa shape index (κ2) is 12.7. The molecule has 0 aliphatic carbocycles. The average Bonchev–Trinajstić information content (AvgIpc) is 2.99. The molecule has 0 aliphatic rings. The number of benzene rings is 5. The van der Waals surface area contributed by atoms with Crippen molar-refractivity contribution >= 4 is 34.1 Å². The van der Waals surface area contributed by atoms with Crippen LogP contribution in [0.3, 0.4) is 0 Å². The number of unbranched alkanes of at least 4 members (excludes halogenated alkanes) is 1. The predicted octanol–water partition coefficient (Wildman–Crippen LogP) is 11.9. The first-order valence-corrected chi connectivity index (χ1v) is 15.3. The van der Waals surface area contributed by atoms with Crippen molar-refractivity contribution in [1.29, 1.82) is 0 Å². The molecule has 0 fully saturated rings. The third kappa shape index (κ3) is 6.44. The van der Waals surface area contributed by atoms with E-state index in [2.05, 4.69) is 173 Å². The smallest absolute Gasteiger partial charge is 0.0514 e. The summed E-state index contributed by atoms with van der Waals surface area (Å²) in [6.45, 7) is 13.7. The van der Waals surface area contributed by atoms with E-state index < -0.39 is 0 Å². The van der Waals surface area contributed by atoms with E-state index in [-0.39, 0.29) is 5.41 Å². The minimum absolute atomic E-state index is 0.0452. The lowest BCUT2D eigenvalue weighted by Gasteiger charge is -2.33. The zero-order valence-corrected chi connectivity index (χ0v) is 26.1. The van der Waals surface area contributed by atoms with E-state index in [4.69, 9.17) is 0 Å². The first kappa shape index (κ1) is 29.2. The Morgan fingerprint density at radius 3 is 1.43 bits per heavy atom. The summed E-state index contributed by atoms with van der Waals surface area (Å²) in [7, 11) is 0. The Labute approximate surface area is 253 Å². The molecule has 2 heteroatoms. The van der Waals surface area contributed by atoms with Gasteiger partial charge < -0.3 is 9.80 Å². The number of hydrogen-bond donors (Lipinski definition) is 0. The number of aryl methyl sites for hydroxylation is 2. The minimum Gasteiger partial charge on any atom is -0.310 e. The summed E-state index contributed by atoms with van der Waals surface area (Å²) in [6.07, 6.45) is 3.46. The van der Waals surface area contributed by atoms with Gasteiger partial charge in [-0.2, -0.15) is 0 Å². The molecule has 0 atom stereocenters. The van der Waals surface area contributed by atoms with Crippen LogP contribution in [0.5, 0.6) is 0 Å². The fraction of sp³-hybridized carbons (Fsp3) is 0.250. The van der Waals surface area contributed by atoms with Gasteiger partial charge >= 0.3 is 0 Å². The number of para-hydroxylation sites is 3. The molecule has 0 aromatic heterocycles. The second-order valence-electron chi connectivity index (χ2n) is 12.3. The van der Waals surface area contributed by atoms with Crippen LogP contribution in [0.25, 0.3) is 0 Å². The maximum Gasteiger partial charge on any atom is 0.0514 e. The first-order chi connectivity index (χ1) is 20.3. The first-order valence-electron chi connectivity index (χ1n) is 15.3.